The van der Waals surface area contributed by atoms with E-state index in [1.165, 1.54) is 11.0 Å². The number of rotatable bonds is 3. The molecule has 0 fully saturated rings. The Hall–Kier alpha value is -2.43. The quantitative estimate of drug-likeness (QED) is 0.883. The van der Waals surface area contributed by atoms with Gasteiger partial charge in [-0.05, 0) is 36.2 Å². The molecule has 0 saturated carbocycles. The molecule has 0 aliphatic heterocycles. The van der Waals surface area contributed by atoms with Gasteiger partial charge in [0.25, 0.3) is 5.91 Å². The van der Waals surface area contributed by atoms with Gasteiger partial charge in [-0.15, -0.1) is 0 Å². The van der Waals surface area contributed by atoms with Crippen molar-refractivity contribution in [3.05, 3.63) is 64.7 Å². The van der Waals surface area contributed by atoms with Crippen molar-refractivity contribution in [3.63, 3.8) is 0 Å². The molecule has 0 atom stereocenters. The fraction of sp³-hybridized carbons (Fsp3) is 0.188. The molecule has 0 aromatic heterocycles. The van der Waals surface area contributed by atoms with E-state index in [1.807, 2.05) is 13.0 Å². The van der Waals surface area contributed by atoms with Gasteiger partial charge in [-0.3, -0.25) is 4.79 Å². The third-order valence-corrected chi connectivity index (χ3v) is 3.30. The summed E-state index contributed by atoms with van der Waals surface area (Å²) in [5, 5.41) is 0. The van der Waals surface area contributed by atoms with E-state index in [0.29, 0.717) is 16.8 Å². The molecule has 2 rings (SSSR count). The first-order valence-corrected chi connectivity index (χ1v) is 6.44. The minimum atomic E-state index is -0.927. The Labute approximate surface area is 122 Å². The molecule has 5 heteroatoms. The second kappa shape index (κ2) is 5.91. The molecule has 2 aromatic rings. The zero-order valence-corrected chi connectivity index (χ0v) is 11.9. The minimum Gasteiger partial charge on any atom is -0.398 e. The van der Waals surface area contributed by atoms with Gasteiger partial charge in [-0.1, -0.05) is 18.2 Å². The van der Waals surface area contributed by atoms with Crippen LogP contribution in [-0.2, 0) is 6.54 Å². The first-order valence-electron chi connectivity index (χ1n) is 6.44. The van der Waals surface area contributed by atoms with E-state index in [-0.39, 0.29) is 12.5 Å². The number of nitrogen functional groups attached to an aromatic ring is 1. The van der Waals surface area contributed by atoms with Crippen LogP contribution in [0.2, 0.25) is 0 Å². The van der Waals surface area contributed by atoms with E-state index in [2.05, 4.69) is 0 Å². The third-order valence-electron chi connectivity index (χ3n) is 3.30. The highest BCUT2D eigenvalue weighted by atomic mass is 19.2. The van der Waals surface area contributed by atoms with Gasteiger partial charge in [0.2, 0.25) is 0 Å². The molecule has 2 N–H and O–H groups in total. The number of anilines is 1. The summed E-state index contributed by atoms with van der Waals surface area (Å²) in [7, 11) is 1.59. The maximum Gasteiger partial charge on any atom is 0.255 e. The zero-order chi connectivity index (χ0) is 15.6. The molecule has 0 saturated heterocycles. The summed E-state index contributed by atoms with van der Waals surface area (Å²) in [6, 6.07) is 8.79. The summed E-state index contributed by atoms with van der Waals surface area (Å²) in [5.74, 6) is -2.10. The van der Waals surface area contributed by atoms with Crippen LogP contribution in [0.5, 0.6) is 0 Å². The van der Waals surface area contributed by atoms with E-state index >= 15 is 0 Å². The maximum absolute atomic E-state index is 13.2. The average Bonchev–Trinajstić information content (AvgIpc) is 2.45. The molecule has 0 unspecified atom stereocenters. The van der Waals surface area contributed by atoms with Crippen LogP contribution in [0.3, 0.4) is 0 Å². The molecule has 21 heavy (non-hydrogen) atoms. The van der Waals surface area contributed by atoms with Crippen LogP contribution < -0.4 is 5.73 Å². The Morgan fingerprint density at radius 3 is 2.57 bits per heavy atom. The summed E-state index contributed by atoms with van der Waals surface area (Å²) in [5.41, 5.74) is 8.07. The van der Waals surface area contributed by atoms with Gasteiger partial charge in [-0.25, -0.2) is 8.78 Å². The topological polar surface area (TPSA) is 46.3 Å². The van der Waals surface area contributed by atoms with Crippen LogP contribution in [0, 0.1) is 18.6 Å². The monoisotopic (exact) mass is 290 g/mol. The van der Waals surface area contributed by atoms with Crippen LogP contribution in [-0.4, -0.2) is 17.9 Å². The van der Waals surface area contributed by atoms with Gasteiger partial charge in [0.1, 0.15) is 0 Å². The molecular formula is C16H16F2N2O. The second-order valence-corrected chi connectivity index (χ2v) is 4.95. The smallest absolute Gasteiger partial charge is 0.255 e. The van der Waals surface area contributed by atoms with Crippen LogP contribution in [0.15, 0.2) is 36.4 Å². The Kier molecular flexibility index (Phi) is 4.21. The van der Waals surface area contributed by atoms with Crippen molar-refractivity contribution in [2.45, 2.75) is 13.5 Å². The van der Waals surface area contributed by atoms with E-state index in [0.717, 1.165) is 17.7 Å². The highest BCUT2D eigenvalue weighted by Crippen LogP contribution is 2.19. The fourth-order valence-electron chi connectivity index (χ4n) is 2.06. The lowest BCUT2D eigenvalue weighted by molar-refractivity contribution is 0.0786. The predicted octanol–water partition coefficient (Wildman–Crippen LogP) is 3.13. The zero-order valence-electron chi connectivity index (χ0n) is 11.9. The molecule has 0 bridgehead atoms. The summed E-state index contributed by atoms with van der Waals surface area (Å²) < 4.78 is 26.1. The number of hydrogen-bond acceptors (Lipinski definition) is 2. The van der Waals surface area contributed by atoms with Crippen molar-refractivity contribution in [1.29, 1.82) is 0 Å². The van der Waals surface area contributed by atoms with Gasteiger partial charge < -0.3 is 10.6 Å². The molecule has 1 amide bonds. The SMILES string of the molecule is Cc1cccc(C(=O)N(C)Cc2ccc(F)c(F)c2)c1N. The first kappa shape index (κ1) is 15.0. The minimum absolute atomic E-state index is 0.170. The lowest BCUT2D eigenvalue weighted by Crippen LogP contribution is -2.27. The number of amides is 1. The van der Waals surface area contributed by atoms with Crippen molar-refractivity contribution in [2.24, 2.45) is 0 Å². The highest BCUT2D eigenvalue weighted by molar-refractivity contribution is 5.99. The van der Waals surface area contributed by atoms with E-state index < -0.39 is 11.6 Å². The van der Waals surface area contributed by atoms with Gasteiger partial charge >= 0.3 is 0 Å². The highest BCUT2D eigenvalue weighted by Gasteiger charge is 2.16. The van der Waals surface area contributed by atoms with E-state index in [9.17, 15) is 13.6 Å². The molecule has 3 nitrogen and oxygen atoms in total. The van der Waals surface area contributed by atoms with Gasteiger partial charge in [0.15, 0.2) is 11.6 Å². The number of benzene rings is 2. The number of hydrogen-bond donors (Lipinski definition) is 1. The first-order chi connectivity index (χ1) is 9.90. The Bertz CT molecular complexity index is 686. The lowest BCUT2D eigenvalue weighted by Gasteiger charge is -2.19. The average molecular weight is 290 g/mol. The largest absolute Gasteiger partial charge is 0.398 e. The number of halogens is 2. The number of carbonyl (C=O) groups excluding carboxylic acids is 1. The number of nitrogens with zero attached hydrogens (tertiary/aromatic N) is 1. The van der Waals surface area contributed by atoms with Crippen LogP contribution >= 0.6 is 0 Å². The van der Waals surface area contributed by atoms with Crippen molar-refractivity contribution in [3.8, 4) is 0 Å². The Morgan fingerprint density at radius 1 is 1.19 bits per heavy atom. The third kappa shape index (κ3) is 3.18. The maximum atomic E-state index is 13.2. The normalized spacial score (nSPS) is 10.5. The second-order valence-electron chi connectivity index (χ2n) is 4.95. The standard InChI is InChI=1S/C16H16F2N2O/c1-10-4-3-5-12(15(10)19)16(21)20(2)9-11-6-7-13(17)14(18)8-11/h3-8H,9,19H2,1-2H3. The number of aryl methyl sites for hydroxylation is 1. The fourth-order valence-corrected chi connectivity index (χ4v) is 2.06. The van der Waals surface area contributed by atoms with Crippen molar-refractivity contribution in [2.75, 3.05) is 12.8 Å². The van der Waals surface area contributed by atoms with Crippen LogP contribution in [0.1, 0.15) is 21.5 Å². The van der Waals surface area contributed by atoms with E-state index in [1.54, 1.807) is 19.2 Å². The molecule has 110 valence electrons. The molecule has 2 aromatic carbocycles. The van der Waals surface area contributed by atoms with Gasteiger partial charge in [0, 0.05) is 19.3 Å². The molecule has 0 spiro atoms. The van der Waals surface area contributed by atoms with Crippen LogP contribution in [0.25, 0.3) is 0 Å². The number of carbonyl (C=O) groups is 1. The molecule has 0 heterocycles. The summed E-state index contributed by atoms with van der Waals surface area (Å²) in [6.45, 7) is 1.99. The molecule has 0 aliphatic rings. The lowest BCUT2D eigenvalue weighted by atomic mass is 10.1. The van der Waals surface area contributed by atoms with E-state index in [4.69, 9.17) is 5.73 Å². The molecule has 0 aliphatic carbocycles. The van der Waals surface area contributed by atoms with Gasteiger partial charge in [-0.2, -0.15) is 0 Å². The number of nitrogens with two attached hydrogens (primary N) is 1. The Balaban J connectivity index is 2.19. The number of para-hydroxylation sites is 1. The van der Waals surface area contributed by atoms with Crippen molar-refractivity contribution >= 4 is 11.6 Å². The predicted molar refractivity (Wildman–Crippen MR) is 77.7 cm³/mol. The molecular weight excluding hydrogens is 274 g/mol. The summed E-state index contributed by atoms with van der Waals surface area (Å²) >= 11 is 0. The van der Waals surface area contributed by atoms with Crippen molar-refractivity contribution in [1.82, 2.24) is 4.90 Å². The molecule has 0 radical (unpaired) electrons. The van der Waals surface area contributed by atoms with Crippen molar-refractivity contribution < 1.29 is 13.6 Å². The van der Waals surface area contributed by atoms with Gasteiger partial charge in [0.05, 0.1) is 5.56 Å². The summed E-state index contributed by atoms with van der Waals surface area (Å²) in [4.78, 5) is 13.8. The van der Waals surface area contributed by atoms with Crippen LogP contribution in [0.4, 0.5) is 14.5 Å². The summed E-state index contributed by atoms with van der Waals surface area (Å²) in [6.07, 6.45) is 0. The Morgan fingerprint density at radius 2 is 1.90 bits per heavy atom.